The van der Waals surface area contributed by atoms with Crippen molar-refractivity contribution in [2.24, 2.45) is 11.8 Å². The first-order valence-electron chi connectivity index (χ1n) is 18.6. The van der Waals surface area contributed by atoms with Gasteiger partial charge in [0.05, 0.1) is 15.8 Å². The number of fused-ring (bicyclic) bond motifs is 2. The molecule has 2 aliphatic rings. The van der Waals surface area contributed by atoms with Crippen LogP contribution in [-0.2, 0) is 20.4 Å². The molecular weight excluding hydrogens is 769 g/mol. The first-order valence-corrected chi connectivity index (χ1v) is 21.6. The Bertz CT molecular complexity index is 1750. The summed E-state index contributed by atoms with van der Waals surface area (Å²) in [6, 6.07) is 74.8. The van der Waals surface area contributed by atoms with Crippen LogP contribution in [0.5, 0.6) is 0 Å². The third-order valence-electron chi connectivity index (χ3n) is 10.3. The van der Waals surface area contributed by atoms with E-state index in [4.69, 9.17) is 0 Å². The third-order valence-corrected chi connectivity index (χ3v) is 15.8. The summed E-state index contributed by atoms with van der Waals surface area (Å²) in [5, 5.41) is 8.61. The van der Waals surface area contributed by atoms with Crippen LogP contribution >= 0.6 is 15.8 Å². The molecule has 2 bridgehead atoms. The predicted molar refractivity (Wildman–Crippen MR) is 231 cm³/mol. The molecular formula is C50H48P2Pd+2. The summed E-state index contributed by atoms with van der Waals surface area (Å²) in [5.41, 5.74) is 2.88. The van der Waals surface area contributed by atoms with E-state index < -0.39 is 15.8 Å². The van der Waals surface area contributed by atoms with E-state index in [0.717, 1.165) is 17.8 Å². The SMILES string of the molecule is Cc1ccc[c-]c1C1[CH-]C2CCC1C2.[Pd+2].c1ccc([PH+](c2ccccc2)c2ccccc2)cc1.c1ccc([PH+](c2ccccc2)c2ccccc2)cc1. The van der Waals surface area contributed by atoms with Gasteiger partial charge >= 0.3 is 20.4 Å². The maximum Gasteiger partial charge on any atom is 2.00 e. The topological polar surface area (TPSA) is 0 Å². The van der Waals surface area contributed by atoms with Crippen LogP contribution in [0.15, 0.2) is 200 Å². The first-order chi connectivity index (χ1) is 25.7. The quantitative estimate of drug-likeness (QED) is 0.0855. The summed E-state index contributed by atoms with van der Waals surface area (Å²) in [6.07, 6.45) is 6.89. The van der Waals surface area contributed by atoms with Crippen LogP contribution in [0.3, 0.4) is 0 Å². The molecule has 53 heavy (non-hydrogen) atoms. The van der Waals surface area contributed by atoms with Crippen molar-refractivity contribution in [3.05, 3.63) is 224 Å². The van der Waals surface area contributed by atoms with E-state index in [1.165, 1.54) is 62.2 Å². The van der Waals surface area contributed by atoms with Crippen molar-refractivity contribution in [2.45, 2.75) is 32.1 Å². The second-order valence-corrected chi connectivity index (χ2v) is 18.7. The summed E-state index contributed by atoms with van der Waals surface area (Å²) < 4.78 is 0. The predicted octanol–water partition coefficient (Wildman–Crippen LogP) is 9.86. The number of aryl methyl sites for hydroxylation is 1. The fourth-order valence-electron chi connectivity index (χ4n) is 7.86. The van der Waals surface area contributed by atoms with E-state index in [2.05, 4.69) is 220 Å². The Morgan fingerprint density at radius 3 is 1.06 bits per heavy atom. The molecule has 0 radical (unpaired) electrons. The van der Waals surface area contributed by atoms with Crippen molar-refractivity contribution in [3.63, 3.8) is 0 Å². The molecule has 0 spiro atoms. The number of hydrogen-bond donors (Lipinski definition) is 0. The Morgan fingerprint density at radius 2 is 0.792 bits per heavy atom. The maximum absolute atomic E-state index is 3.43. The minimum Gasteiger partial charge on any atom is -0.320 e. The van der Waals surface area contributed by atoms with Gasteiger partial charge in [-0.1, -0.05) is 141 Å². The minimum absolute atomic E-state index is 0. The summed E-state index contributed by atoms with van der Waals surface area (Å²) >= 11 is 0. The Hall–Kier alpha value is -3.94. The van der Waals surface area contributed by atoms with Gasteiger partial charge in [-0.2, -0.15) is 47.2 Å². The fourth-order valence-corrected chi connectivity index (χ4v) is 13.0. The molecule has 7 aromatic rings. The van der Waals surface area contributed by atoms with Gasteiger partial charge in [-0.3, -0.25) is 0 Å². The van der Waals surface area contributed by atoms with Gasteiger partial charge < -0.3 is 6.42 Å². The Morgan fingerprint density at radius 1 is 0.453 bits per heavy atom. The van der Waals surface area contributed by atoms with Gasteiger partial charge in [0, 0.05) is 0 Å². The van der Waals surface area contributed by atoms with E-state index in [9.17, 15) is 0 Å². The van der Waals surface area contributed by atoms with Gasteiger partial charge in [0.15, 0.2) is 0 Å². The Labute approximate surface area is 333 Å². The monoisotopic (exact) mass is 816 g/mol. The van der Waals surface area contributed by atoms with Crippen LogP contribution in [0.4, 0.5) is 0 Å². The smallest absolute Gasteiger partial charge is 0.320 e. The van der Waals surface area contributed by atoms with Gasteiger partial charge in [-0.05, 0) is 72.8 Å². The normalized spacial score (nSPS) is 16.8. The molecule has 2 fully saturated rings. The van der Waals surface area contributed by atoms with E-state index in [0.29, 0.717) is 0 Å². The zero-order valence-corrected chi connectivity index (χ0v) is 33.9. The molecule has 0 aromatic heterocycles. The molecule has 0 nitrogen and oxygen atoms in total. The van der Waals surface area contributed by atoms with Crippen LogP contribution in [0.25, 0.3) is 0 Å². The molecule has 0 aliphatic heterocycles. The van der Waals surface area contributed by atoms with Crippen LogP contribution in [0.2, 0.25) is 0 Å². The summed E-state index contributed by atoms with van der Waals surface area (Å²) in [5.74, 6) is 2.56. The van der Waals surface area contributed by atoms with Crippen molar-refractivity contribution in [1.29, 1.82) is 0 Å². The van der Waals surface area contributed by atoms with Gasteiger partial charge in [0.25, 0.3) is 0 Å². The molecule has 0 heterocycles. The molecule has 0 amide bonds. The average Bonchev–Trinajstić information content (AvgIpc) is 3.86. The second-order valence-electron chi connectivity index (χ2n) is 13.8. The van der Waals surface area contributed by atoms with Gasteiger partial charge in [0.2, 0.25) is 0 Å². The standard InChI is InChI=1S/2C18H15P.C14H16.Pd/c2*1-4-10-16(11-5-1)19(17-12-6-2-7-13-17)18-14-8-3-9-15-18;1-10-4-2-3-5-13(10)14-9-11-6-7-12(14)8-11;/h2*1-15H;2-4,9,11-12,14H,6-8H2,1H3;/q;;-2;+2/p+2. The van der Waals surface area contributed by atoms with Crippen LogP contribution < -0.4 is 31.8 Å². The largest absolute Gasteiger partial charge is 2.00 e. The van der Waals surface area contributed by atoms with Crippen LogP contribution in [0, 0.1) is 31.2 Å². The average molecular weight is 817 g/mol. The minimum atomic E-state index is -0.877. The second kappa shape index (κ2) is 19.9. The summed E-state index contributed by atoms with van der Waals surface area (Å²) in [7, 11) is -1.75. The molecule has 3 atom stereocenters. The first kappa shape index (κ1) is 38.8. The molecule has 9 rings (SSSR count). The molecule has 2 aliphatic carbocycles. The van der Waals surface area contributed by atoms with Crippen molar-refractivity contribution in [2.75, 3.05) is 0 Å². The fraction of sp³-hybridized carbons (Fsp3) is 0.140. The van der Waals surface area contributed by atoms with Gasteiger partial charge in [-0.25, -0.2) is 0 Å². The zero-order chi connectivity index (χ0) is 35.4. The Kier molecular flexibility index (Phi) is 14.6. The van der Waals surface area contributed by atoms with Gasteiger partial charge in [0.1, 0.15) is 31.8 Å². The zero-order valence-electron chi connectivity index (χ0n) is 30.3. The van der Waals surface area contributed by atoms with Crippen molar-refractivity contribution < 1.29 is 20.4 Å². The number of rotatable bonds is 7. The molecule has 7 aromatic carbocycles. The van der Waals surface area contributed by atoms with E-state index in [1.54, 1.807) is 0 Å². The third kappa shape index (κ3) is 10.2. The van der Waals surface area contributed by atoms with E-state index in [-0.39, 0.29) is 20.4 Å². The number of hydrogen-bond acceptors (Lipinski definition) is 0. The van der Waals surface area contributed by atoms with E-state index in [1.807, 2.05) is 0 Å². The van der Waals surface area contributed by atoms with Crippen LogP contribution in [-0.4, -0.2) is 0 Å². The van der Waals surface area contributed by atoms with Gasteiger partial charge in [-0.15, -0.1) is 0 Å². The summed E-state index contributed by atoms with van der Waals surface area (Å²) in [6.45, 7) is 2.21. The molecule has 3 unspecified atom stereocenters. The summed E-state index contributed by atoms with van der Waals surface area (Å²) in [4.78, 5) is 0. The molecule has 3 heteroatoms. The van der Waals surface area contributed by atoms with Crippen molar-refractivity contribution in [3.8, 4) is 0 Å². The van der Waals surface area contributed by atoms with E-state index >= 15 is 0 Å². The maximum atomic E-state index is 3.43. The molecule has 0 saturated heterocycles. The molecule has 2 saturated carbocycles. The van der Waals surface area contributed by atoms with Crippen LogP contribution in [0.1, 0.15) is 36.3 Å². The number of benzene rings is 7. The molecule has 0 N–H and O–H groups in total. The van der Waals surface area contributed by atoms with Crippen molar-refractivity contribution >= 4 is 47.7 Å². The molecule has 266 valence electrons. The van der Waals surface area contributed by atoms with Crippen molar-refractivity contribution in [1.82, 2.24) is 0 Å². The Balaban J connectivity index is 0.000000136.